The molecule has 1 aliphatic heterocycles. The van der Waals surface area contributed by atoms with Crippen LogP contribution in [0.5, 0.6) is 0 Å². The Hall–Kier alpha value is -0.860. The summed E-state index contributed by atoms with van der Waals surface area (Å²) in [5.74, 6) is 0.279. The third-order valence-corrected chi connectivity index (χ3v) is 4.11. The number of hydrogen-bond acceptors (Lipinski definition) is 2. The Labute approximate surface area is 104 Å². The van der Waals surface area contributed by atoms with Crippen LogP contribution in [0.15, 0.2) is 30.3 Å². The Balaban J connectivity index is 2.18. The van der Waals surface area contributed by atoms with Crippen molar-refractivity contribution in [3.63, 3.8) is 0 Å². The van der Waals surface area contributed by atoms with Crippen molar-refractivity contribution in [2.24, 2.45) is 5.92 Å². The fraction of sp³-hybridized carbons (Fsp3) is 0.600. The summed E-state index contributed by atoms with van der Waals surface area (Å²) in [7, 11) is 0. The van der Waals surface area contributed by atoms with Crippen LogP contribution in [0.25, 0.3) is 0 Å². The first kappa shape index (κ1) is 12.6. The van der Waals surface area contributed by atoms with Crippen molar-refractivity contribution in [2.45, 2.75) is 38.8 Å². The van der Waals surface area contributed by atoms with Crippen LogP contribution in [0.3, 0.4) is 0 Å². The monoisotopic (exact) mass is 233 g/mol. The third kappa shape index (κ3) is 2.38. The number of rotatable bonds is 2. The first-order valence-corrected chi connectivity index (χ1v) is 6.56. The minimum absolute atomic E-state index is 0.279. The lowest BCUT2D eigenvalue weighted by molar-refractivity contribution is -0.0768. The van der Waals surface area contributed by atoms with E-state index >= 15 is 0 Å². The van der Waals surface area contributed by atoms with Gasteiger partial charge in [0.2, 0.25) is 0 Å². The average molecular weight is 233 g/mol. The lowest BCUT2D eigenvalue weighted by atomic mass is 9.76. The quantitative estimate of drug-likeness (QED) is 0.849. The summed E-state index contributed by atoms with van der Waals surface area (Å²) < 4.78 is 0. The minimum atomic E-state index is -0.646. The molecule has 1 aliphatic rings. The Bertz CT molecular complexity index is 362. The van der Waals surface area contributed by atoms with Crippen molar-refractivity contribution < 1.29 is 5.11 Å². The molecule has 94 valence electrons. The molecule has 2 heteroatoms. The van der Waals surface area contributed by atoms with E-state index in [4.69, 9.17) is 0 Å². The molecule has 0 aliphatic carbocycles. The topological polar surface area (TPSA) is 23.5 Å². The Morgan fingerprint density at radius 1 is 1.29 bits per heavy atom. The van der Waals surface area contributed by atoms with E-state index in [-0.39, 0.29) is 5.92 Å². The number of piperidine rings is 1. The molecule has 0 amide bonds. The number of likely N-dealkylation sites (tertiary alicyclic amines) is 1. The van der Waals surface area contributed by atoms with Crippen molar-refractivity contribution in [1.29, 1.82) is 0 Å². The standard InChI is InChI=1S/C15H23NO/c1-12(2)16-10-9-15(17,13(3)11-16)14-7-5-4-6-8-14/h4-8,12-13,17H,9-11H2,1-3H3. The number of hydrogen-bond donors (Lipinski definition) is 1. The molecule has 1 aromatic rings. The van der Waals surface area contributed by atoms with Gasteiger partial charge >= 0.3 is 0 Å². The van der Waals surface area contributed by atoms with Gasteiger partial charge in [0.15, 0.2) is 0 Å². The van der Waals surface area contributed by atoms with Crippen molar-refractivity contribution in [2.75, 3.05) is 13.1 Å². The lowest BCUT2D eigenvalue weighted by Gasteiger charge is -2.45. The molecule has 0 saturated carbocycles. The zero-order valence-electron chi connectivity index (χ0n) is 11.1. The largest absolute Gasteiger partial charge is 0.385 e. The molecule has 1 heterocycles. The fourth-order valence-electron chi connectivity index (χ4n) is 2.78. The molecule has 0 spiro atoms. The van der Waals surface area contributed by atoms with Gasteiger partial charge in [-0.1, -0.05) is 37.3 Å². The first-order valence-electron chi connectivity index (χ1n) is 6.56. The average Bonchev–Trinajstić information content (AvgIpc) is 2.33. The normalized spacial score (nSPS) is 30.8. The second kappa shape index (κ2) is 4.79. The molecule has 0 aromatic heterocycles. The summed E-state index contributed by atoms with van der Waals surface area (Å²) in [5.41, 5.74) is 0.419. The van der Waals surface area contributed by atoms with Gasteiger partial charge in [0.1, 0.15) is 0 Å². The van der Waals surface area contributed by atoms with Crippen molar-refractivity contribution in [3.05, 3.63) is 35.9 Å². The van der Waals surface area contributed by atoms with Crippen LogP contribution in [0.1, 0.15) is 32.8 Å². The smallest absolute Gasteiger partial charge is 0.0946 e. The minimum Gasteiger partial charge on any atom is -0.385 e. The Kier molecular flexibility index (Phi) is 3.55. The predicted molar refractivity (Wildman–Crippen MR) is 70.8 cm³/mol. The van der Waals surface area contributed by atoms with Crippen LogP contribution >= 0.6 is 0 Å². The van der Waals surface area contributed by atoms with Crippen molar-refractivity contribution in [3.8, 4) is 0 Å². The van der Waals surface area contributed by atoms with Crippen LogP contribution in [0.4, 0.5) is 0 Å². The van der Waals surface area contributed by atoms with E-state index in [9.17, 15) is 5.11 Å². The van der Waals surface area contributed by atoms with Gasteiger partial charge in [-0.2, -0.15) is 0 Å². The maximum atomic E-state index is 10.9. The van der Waals surface area contributed by atoms with E-state index in [2.05, 4.69) is 25.7 Å². The summed E-state index contributed by atoms with van der Waals surface area (Å²) >= 11 is 0. The summed E-state index contributed by atoms with van der Waals surface area (Å²) in [5, 5.41) is 10.9. The predicted octanol–water partition coefficient (Wildman–Crippen LogP) is 2.62. The maximum absolute atomic E-state index is 10.9. The molecule has 2 nitrogen and oxygen atoms in total. The molecule has 0 radical (unpaired) electrons. The van der Waals surface area contributed by atoms with Gasteiger partial charge < -0.3 is 10.0 Å². The molecular weight excluding hydrogens is 210 g/mol. The molecule has 0 bridgehead atoms. The Morgan fingerprint density at radius 2 is 1.94 bits per heavy atom. The molecule has 1 N–H and O–H groups in total. The molecule has 2 rings (SSSR count). The fourth-order valence-corrected chi connectivity index (χ4v) is 2.78. The molecule has 1 aromatic carbocycles. The van der Waals surface area contributed by atoms with E-state index in [0.717, 1.165) is 25.1 Å². The summed E-state index contributed by atoms with van der Waals surface area (Å²) in [6.07, 6.45) is 0.830. The second-order valence-electron chi connectivity index (χ2n) is 5.53. The highest BCUT2D eigenvalue weighted by Crippen LogP contribution is 2.37. The van der Waals surface area contributed by atoms with Crippen molar-refractivity contribution >= 4 is 0 Å². The maximum Gasteiger partial charge on any atom is 0.0946 e. The van der Waals surface area contributed by atoms with Crippen LogP contribution in [0, 0.1) is 5.92 Å². The molecule has 17 heavy (non-hydrogen) atoms. The van der Waals surface area contributed by atoms with Gasteiger partial charge in [-0.25, -0.2) is 0 Å². The Morgan fingerprint density at radius 3 is 2.47 bits per heavy atom. The van der Waals surface area contributed by atoms with Gasteiger partial charge in [0.05, 0.1) is 5.60 Å². The van der Waals surface area contributed by atoms with Crippen LogP contribution in [-0.4, -0.2) is 29.1 Å². The number of nitrogens with zero attached hydrogens (tertiary/aromatic N) is 1. The third-order valence-electron chi connectivity index (χ3n) is 4.11. The number of benzene rings is 1. The van der Waals surface area contributed by atoms with E-state index in [1.165, 1.54) is 0 Å². The highest BCUT2D eigenvalue weighted by Gasteiger charge is 2.40. The summed E-state index contributed by atoms with van der Waals surface area (Å²) in [6, 6.07) is 10.7. The van der Waals surface area contributed by atoms with Crippen LogP contribution in [-0.2, 0) is 5.60 Å². The van der Waals surface area contributed by atoms with Crippen LogP contribution < -0.4 is 0 Å². The second-order valence-corrected chi connectivity index (χ2v) is 5.53. The lowest BCUT2D eigenvalue weighted by Crippen LogP contribution is -2.50. The zero-order chi connectivity index (χ0) is 12.5. The van der Waals surface area contributed by atoms with E-state index in [1.54, 1.807) is 0 Å². The molecule has 1 saturated heterocycles. The summed E-state index contributed by atoms with van der Waals surface area (Å²) in [4.78, 5) is 2.45. The molecule has 2 unspecified atom stereocenters. The van der Waals surface area contributed by atoms with Gasteiger partial charge in [-0.3, -0.25) is 0 Å². The highest BCUT2D eigenvalue weighted by molar-refractivity contribution is 5.24. The van der Waals surface area contributed by atoms with Gasteiger partial charge in [-0.05, 0) is 25.8 Å². The van der Waals surface area contributed by atoms with Crippen LogP contribution in [0.2, 0.25) is 0 Å². The molecular formula is C15H23NO. The SMILES string of the molecule is CC(C)N1CCC(O)(c2ccccc2)C(C)C1. The van der Waals surface area contributed by atoms with E-state index < -0.39 is 5.60 Å². The summed E-state index contributed by atoms with van der Waals surface area (Å²) in [6.45, 7) is 8.55. The van der Waals surface area contributed by atoms with E-state index in [1.807, 2.05) is 30.3 Å². The zero-order valence-corrected chi connectivity index (χ0v) is 11.1. The van der Waals surface area contributed by atoms with Gasteiger partial charge in [0, 0.05) is 25.0 Å². The van der Waals surface area contributed by atoms with Gasteiger partial charge in [-0.15, -0.1) is 0 Å². The number of aliphatic hydroxyl groups is 1. The highest BCUT2D eigenvalue weighted by atomic mass is 16.3. The van der Waals surface area contributed by atoms with E-state index in [0.29, 0.717) is 6.04 Å². The molecule has 2 atom stereocenters. The first-order chi connectivity index (χ1) is 8.04. The van der Waals surface area contributed by atoms with Crippen molar-refractivity contribution in [1.82, 2.24) is 4.90 Å². The molecule has 1 fully saturated rings. The van der Waals surface area contributed by atoms with Gasteiger partial charge in [0.25, 0.3) is 0 Å².